The van der Waals surface area contributed by atoms with E-state index in [9.17, 15) is 24.0 Å². The predicted octanol–water partition coefficient (Wildman–Crippen LogP) is 1.03. The Kier molecular flexibility index (Phi) is 2.49. The molecule has 7 aliphatic rings. The van der Waals surface area contributed by atoms with Crippen molar-refractivity contribution in [1.29, 1.82) is 0 Å². The molecule has 7 heteroatoms. The average Bonchev–Trinajstić information content (AvgIpc) is 3.46. The van der Waals surface area contributed by atoms with Gasteiger partial charge in [0.1, 0.15) is 5.78 Å². The Morgan fingerprint density at radius 3 is 1.43 bits per heavy atom. The van der Waals surface area contributed by atoms with E-state index < -0.39 is 46.5 Å². The highest BCUT2D eigenvalue weighted by atomic mass is 16.6. The second-order valence-electron chi connectivity index (χ2n) is 10.3. The molecule has 0 amide bonds. The molecule has 7 nitrogen and oxygen atoms in total. The summed E-state index contributed by atoms with van der Waals surface area (Å²) in [6.07, 6.45) is 4.27. The van der Waals surface area contributed by atoms with Crippen molar-refractivity contribution in [2.45, 2.75) is 38.5 Å². The van der Waals surface area contributed by atoms with Gasteiger partial charge in [-0.05, 0) is 62.2 Å². The molecule has 0 N–H and O–H groups in total. The second kappa shape index (κ2) is 4.41. The SMILES string of the molecule is O=C1OC(=O)[C@H]2C1[C@H]1CC2[C@]2(CC[C@]3(C[C@@H]4C[C@@H]3C3C(=O)OC(=O)[C@H]34)C2=O)C1. The van der Waals surface area contributed by atoms with E-state index >= 15 is 0 Å². The molecule has 0 aromatic heterocycles. The molecule has 0 radical (unpaired) electrons. The van der Waals surface area contributed by atoms with Crippen LogP contribution in [0.5, 0.6) is 0 Å². The maximum Gasteiger partial charge on any atom is 0.317 e. The van der Waals surface area contributed by atoms with Gasteiger partial charge in [0.25, 0.3) is 0 Å². The molecule has 4 bridgehead atoms. The van der Waals surface area contributed by atoms with Crippen LogP contribution in [0.3, 0.4) is 0 Å². The minimum Gasteiger partial charge on any atom is -0.393 e. The molecule has 3 unspecified atom stereocenters. The molecule has 2 saturated heterocycles. The van der Waals surface area contributed by atoms with E-state index in [1.54, 1.807) is 0 Å². The van der Waals surface area contributed by atoms with Crippen LogP contribution in [0.25, 0.3) is 0 Å². The monoisotopic (exact) mass is 384 g/mol. The Morgan fingerprint density at radius 2 is 1.00 bits per heavy atom. The third-order valence-electron chi connectivity index (χ3n) is 9.85. The standard InChI is InChI=1S/C21H20O7/c22-15-11-7-3-9(13(11)17(24)27-15)20(5-7)1-2-21(19(20)26)6-8-4-10(21)14-12(8)16(23)28-18(14)25/h7-14H,1-6H2/t7-,8-,9+,10?,11-,12?,13?,14+,20+,21-/m0/s1. The molecule has 7 fully saturated rings. The third kappa shape index (κ3) is 1.40. The van der Waals surface area contributed by atoms with Gasteiger partial charge in [-0.1, -0.05) is 0 Å². The summed E-state index contributed by atoms with van der Waals surface area (Å²) in [7, 11) is 0. The molecule has 2 spiro atoms. The van der Waals surface area contributed by atoms with E-state index in [4.69, 9.17) is 9.47 Å². The largest absolute Gasteiger partial charge is 0.393 e. The van der Waals surface area contributed by atoms with Crippen molar-refractivity contribution in [1.82, 2.24) is 0 Å². The lowest BCUT2D eigenvalue weighted by Gasteiger charge is -2.41. The number of hydrogen-bond donors (Lipinski definition) is 0. The topological polar surface area (TPSA) is 104 Å². The summed E-state index contributed by atoms with van der Waals surface area (Å²) in [5.74, 6) is -3.28. The number of hydrogen-bond acceptors (Lipinski definition) is 7. The van der Waals surface area contributed by atoms with Crippen molar-refractivity contribution in [2.24, 2.45) is 58.2 Å². The first-order chi connectivity index (χ1) is 13.4. The summed E-state index contributed by atoms with van der Waals surface area (Å²) >= 11 is 0. The lowest BCUT2D eigenvalue weighted by atomic mass is 9.58. The number of ether oxygens (including phenoxy) is 2. The minimum absolute atomic E-state index is 0.0532. The van der Waals surface area contributed by atoms with Crippen molar-refractivity contribution in [2.75, 3.05) is 0 Å². The molecule has 146 valence electrons. The molecule has 28 heavy (non-hydrogen) atoms. The first kappa shape index (κ1) is 15.8. The van der Waals surface area contributed by atoms with Gasteiger partial charge in [0.2, 0.25) is 0 Å². The number of rotatable bonds is 0. The fraction of sp³-hybridized carbons (Fsp3) is 0.762. The number of carbonyl (C=O) groups is 5. The Labute approximate surface area is 160 Å². The van der Waals surface area contributed by atoms with Gasteiger partial charge in [0.05, 0.1) is 23.7 Å². The van der Waals surface area contributed by atoms with Crippen LogP contribution >= 0.6 is 0 Å². The lowest BCUT2D eigenvalue weighted by Crippen LogP contribution is -2.48. The number of fused-ring (bicyclic) bond motifs is 12. The van der Waals surface area contributed by atoms with E-state index in [-0.39, 0.29) is 41.3 Å². The molecule has 0 aromatic carbocycles. The third-order valence-corrected chi connectivity index (χ3v) is 9.85. The van der Waals surface area contributed by atoms with Gasteiger partial charge in [-0.15, -0.1) is 0 Å². The first-order valence-corrected chi connectivity index (χ1v) is 10.4. The highest BCUT2D eigenvalue weighted by molar-refractivity contribution is 6.02. The summed E-state index contributed by atoms with van der Waals surface area (Å²) in [4.78, 5) is 62.8. The van der Waals surface area contributed by atoms with Crippen molar-refractivity contribution in [3.05, 3.63) is 0 Å². The molecule has 2 heterocycles. The van der Waals surface area contributed by atoms with Gasteiger partial charge in [-0.2, -0.15) is 0 Å². The number of Topliss-reactive ketones (excluding diaryl/α,β-unsaturated/α-hetero) is 1. The van der Waals surface area contributed by atoms with E-state index in [2.05, 4.69) is 0 Å². The van der Waals surface area contributed by atoms with Gasteiger partial charge >= 0.3 is 23.9 Å². The second-order valence-corrected chi connectivity index (χ2v) is 10.3. The van der Waals surface area contributed by atoms with Crippen LogP contribution in [0, 0.1) is 58.2 Å². The molecule has 5 saturated carbocycles. The Hall–Kier alpha value is -2.05. The van der Waals surface area contributed by atoms with Crippen molar-refractivity contribution < 1.29 is 33.4 Å². The van der Waals surface area contributed by atoms with Crippen molar-refractivity contribution in [3.8, 4) is 0 Å². The molecule has 0 aromatic rings. The first-order valence-electron chi connectivity index (χ1n) is 10.4. The van der Waals surface area contributed by atoms with Crippen LogP contribution < -0.4 is 0 Å². The van der Waals surface area contributed by atoms with Gasteiger partial charge in [0.15, 0.2) is 0 Å². The Morgan fingerprint density at radius 1 is 0.607 bits per heavy atom. The Balaban J connectivity index is 1.27. The Bertz CT molecular complexity index is 850. The highest BCUT2D eigenvalue weighted by Crippen LogP contribution is 2.75. The maximum absolute atomic E-state index is 14.0. The summed E-state index contributed by atoms with van der Waals surface area (Å²) in [5, 5.41) is 0. The van der Waals surface area contributed by atoms with E-state index in [1.165, 1.54) is 0 Å². The maximum atomic E-state index is 14.0. The average molecular weight is 384 g/mol. The molecular formula is C21H20O7. The summed E-state index contributed by atoms with van der Waals surface area (Å²) in [6.45, 7) is 0. The van der Waals surface area contributed by atoms with Crippen LogP contribution in [0.1, 0.15) is 38.5 Å². The number of cyclic esters (lactones) is 4. The van der Waals surface area contributed by atoms with E-state index in [0.29, 0.717) is 12.8 Å². The van der Waals surface area contributed by atoms with Crippen LogP contribution in [0.4, 0.5) is 0 Å². The van der Waals surface area contributed by atoms with Gasteiger partial charge in [0, 0.05) is 10.8 Å². The zero-order valence-corrected chi connectivity index (χ0v) is 15.2. The zero-order valence-electron chi connectivity index (χ0n) is 15.2. The number of esters is 4. The summed E-state index contributed by atoms with van der Waals surface area (Å²) < 4.78 is 9.82. The zero-order chi connectivity index (χ0) is 19.2. The van der Waals surface area contributed by atoms with Crippen LogP contribution in [0.15, 0.2) is 0 Å². The van der Waals surface area contributed by atoms with Crippen molar-refractivity contribution in [3.63, 3.8) is 0 Å². The van der Waals surface area contributed by atoms with Crippen LogP contribution in [-0.2, 0) is 33.4 Å². The van der Waals surface area contributed by atoms with Gasteiger partial charge < -0.3 is 9.47 Å². The number of carbonyl (C=O) groups excluding carboxylic acids is 5. The molecule has 5 aliphatic carbocycles. The fourth-order valence-corrected chi connectivity index (χ4v) is 9.16. The molecule has 7 rings (SSSR count). The highest BCUT2D eigenvalue weighted by Gasteiger charge is 2.78. The van der Waals surface area contributed by atoms with E-state index in [0.717, 1.165) is 25.7 Å². The molecular weight excluding hydrogens is 364 g/mol. The summed E-state index contributed by atoms with van der Waals surface area (Å²) in [5.41, 5.74) is -1.11. The lowest BCUT2D eigenvalue weighted by molar-refractivity contribution is -0.156. The molecule has 10 atom stereocenters. The molecule has 2 aliphatic heterocycles. The quantitative estimate of drug-likeness (QED) is 0.454. The van der Waals surface area contributed by atoms with E-state index in [1.807, 2.05) is 0 Å². The normalized spacial score (nSPS) is 57.6. The fourth-order valence-electron chi connectivity index (χ4n) is 9.16. The van der Waals surface area contributed by atoms with Crippen LogP contribution in [0.2, 0.25) is 0 Å². The van der Waals surface area contributed by atoms with Crippen molar-refractivity contribution >= 4 is 29.7 Å². The smallest absolute Gasteiger partial charge is 0.317 e. The van der Waals surface area contributed by atoms with Gasteiger partial charge in [-0.3, -0.25) is 24.0 Å². The summed E-state index contributed by atoms with van der Waals surface area (Å²) in [6, 6.07) is 0. The minimum atomic E-state index is -0.554. The predicted molar refractivity (Wildman–Crippen MR) is 87.7 cm³/mol. The van der Waals surface area contributed by atoms with Gasteiger partial charge in [-0.25, -0.2) is 0 Å². The number of ketones is 1. The van der Waals surface area contributed by atoms with Crippen LogP contribution in [-0.4, -0.2) is 29.7 Å².